The quantitative estimate of drug-likeness (QED) is 0.808. The number of carbonyl (C=O) groups excluding carboxylic acids is 1. The summed E-state index contributed by atoms with van der Waals surface area (Å²) in [5, 5.41) is 0. The summed E-state index contributed by atoms with van der Waals surface area (Å²) in [5.41, 5.74) is 0. The number of aromatic nitrogens is 1. The van der Waals surface area contributed by atoms with E-state index in [0.29, 0.717) is 13.1 Å². The van der Waals surface area contributed by atoms with Gasteiger partial charge in [0.05, 0.1) is 0 Å². The molecule has 2 heterocycles. The van der Waals surface area contributed by atoms with Crippen molar-refractivity contribution < 1.29 is 13.9 Å². The van der Waals surface area contributed by atoms with Gasteiger partial charge in [0.25, 0.3) is 5.88 Å². The van der Waals surface area contributed by atoms with Gasteiger partial charge in [0.2, 0.25) is 5.91 Å². The molecule has 1 aromatic heterocycles. The zero-order chi connectivity index (χ0) is 15.9. The molecule has 0 bridgehead atoms. The van der Waals surface area contributed by atoms with Crippen molar-refractivity contribution in [1.29, 1.82) is 0 Å². The molecule has 1 aliphatic heterocycles. The van der Waals surface area contributed by atoms with Crippen LogP contribution in [0.5, 0.6) is 5.88 Å². The van der Waals surface area contributed by atoms with E-state index in [1.165, 1.54) is 12.3 Å². The summed E-state index contributed by atoms with van der Waals surface area (Å²) >= 11 is 0. The minimum Gasteiger partial charge on any atom is -0.472 e. The summed E-state index contributed by atoms with van der Waals surface area (Å²) in [6.07, 6.45) is 6.05. The van der Waals surface area contributed by atoms with E-state index in [1.54, 1.807) is 6.07 Å². The van der Waals surface area contributed by atoms with Gasteiger partial charge in [0.1, 0.15) is 6.10 Å². The summed E-state index contributed by atoms with van der Waals surface area (Å²) in [6, 6.07) is 2.89. The van der Waals surface area contributed by atoms with Crippen molar-refractivity contribution in [2.45, 2.75) is 52.1 Å². The van der Waals surface area contributed by atoms with Crippen LogP contribution in [0.1, 0.15) is 46.0 Å². The van der Waals surface area contributed by atoms with Crippen LogP contribution in [0.25, 0.3) is 0 Å². The molecule has 0 unspecified atom stereocenters. The van der Waals surface area contributed by atoms with Crippen molar-refractivity contribution in [2.75, 3.05) is 13.1 Å². The average Bonchev–Trinajstić information content (AvgIpc) is 2.55. The highest BCUT2D eigenvalue weighted by Gasteiger charge is 2.27. The van der Waals surface area contributed by atoms with Crippen molar-refractivity contribution in [3.05, 3.63) is 24.1 Å². The second-order valence-corrected chi connectivity index (χ2v) is 5.98. The second kappa shape index (κ2) is 8.11. The maximum absolute atomic E-state index is 13.5. The van der Waals surface area contributed by atoms with E-state index < -0.39 is 5.82 Å². The third kappa shape index (κ3) is 4.42. The fraction of sp³-hybridized carbons (Fsp3) is 0.647. The second-order valence-electron chi connectivity index (χ2n) is 5.98. The Balaban J connectivity index is 1.80. The minimum absolute atomic E-state index is 0.0589. The number of piperidine rings is 1. The Morgan fingerprint density at radius 1 is 1.50 bits per heavy atom. The van der Waals surface area contributed by atoms with E-state index in [1.807, 2.05) is 11.8 Å². The summed E-state index contributed by atoms with van der Waals surface area (Å²) in [7, 11) is 0. The SMILES string of the molecule is CCCC[C@H](C)C(=O)N1CCC(Oc2ncccc2F)CC1. The topological polar surface area (TPSA) is 42.4 Å². The molecule has 0 aliphatic carbocycles. The lowest BCUT2D eigenvalue weighted by Gasteiger charge is -2.33. The number of hydrogen-bond donors (Lipinski definition) is 0. The number of amides is 1. The highest BCUT2D eigenvalue weighted by Crippen LogP contribution is 2.21. The van der Waals surface area contributed by atoms with Crippen LogP contribution in [0.15, 0.2) is 18.3 Å². The number of carbonyl (C=O) groups is 1. The molecule has 1 saturated heterocycles. The van der Waals surface area contributed by atoms with Crippen LogP contribution in [0.4, 0.5) is 4.39 Å². The zero-order valence-electron chi connectivity index (χ0n) is 13.4. The van der Waals surface area contributed by atoms with Crippen LogP contribution in [0.2, 0.25) is 0 Å². The molecule has 1 fully saturated rings. The lowest BCUT2D eigenvalue weighted by atomic mass is 10.0. The monoisotopic (exact) mass is 308 g/mol. The smallest absolute Gasteiger partial charge is 0.250 e. The molecule has 0 aromatic carbocycles. The highest BCUT2D eigenvalue weighted by atomic mass is 19.1. The molecule has 22 heavy (non-hydrogen) atoms. The van der Waals surface area contributed by atoms with Crippen molar-refractivity contribution in [1.82, 2.24) is 9.88 Å². The van der Waals surface area contributed by atoms with Crippen LogP contribution in [0, 0.1) is 11.7 Å². The van der Waals surface area contributed by atoms with Crippen molar-refractivity contribution >= 4 is 5.91 Å². The fourth-order valence-corrected chi connectivity index (χ4v) is 2.76. The predicted octanol–water partition coefficient (Wildman–Crippen LogP) is 3.42. The first-order chi connectivity index (χ1) is 10.6. The number of hydrogen-bond acceptors (Lipinski definition) is 3. The maximum Gasteiger partial charge on any atom is 0.250 e. The van der Waals surface area contributed by atoms with Crippen LogP contribution in [-0.2, 0) is 4.79 Å². The number of ether oxygens (including phenoxy) is 1. The van der Waals surface area contributed by atoms with Gasteiger partial charge in [-0.25, -0.2) is 9.37 Å². The normalized spacial score (nSPS) is 17.3. The molecule has 4 nitrogen and oxygen atoms in total. The molecule has 1 aliphatic rings. The molecule has 0 saturated carbocycles. The zero-order valence-corrected chi connectivity index (χ0v) is 13.4. The summed E-state index contributed by atoms with van der Waals surface area (Å²) in [6.45, 7) is 5.49. The van der Waals surface area contributed by atoms with E-state index in [4.69, 9.17) is 4.74 Å². The third-order valence-corrected chi connectivity index (χ3v) is 4.17. The Labute approximate surface area is 131 Å². The highest BCUT2D eigenvalue weighted by molar-refractivity contribution is 5.78. The Bertz CT molecular complexity index is 487. The minimum atomic E-state index is -0.436. The van der Waals surface area contributed by atoms with E-state index in [0.717, 1.165) is 32.1 Å². The Kier molecular flexibility index (Phi) is 6.16. The van der Waals surface area contributed by atoms with Crippen LogP contribution >= 0.6 is 0 Å². The lowest BCUT2D eigenvalue weighted by molar-refractivity contribution is -0.137. The fourth-order valence-electron chi connectivity index (χ4n) is 2.76. The number of likely N-dealkylation sites (tertiary alicyclic amines) is 1. The molecule has 5 heteroatoms. The maximum atomic E-state index is 13.5. The number of rotatable bonds is 6. The van der Waals surface area contributed by atoms with E-state index in [-0.39, 0.29) is 23.8 Å². The van der Waals surface area contributed by atoms with E-state index in [2.05, 4.69) is 11.9 Å². The molecule has 0 N–H and O–H groups in total. The molecule has 0 radical (unpaired) electrons. The predicted molar refractivity (Wildman–Crippen MR) is 83.1 cm³/mol. The van der Waals surface area contributed by atoms with E-state index >= 15 is 0 Å². The van der Waals surface area contributed by atoms with Gasteiger partial charge < -0.3 is 9.64 Å². The van der Waals surface area contributed by atoms with Gasteiger partial charge >= 0.3 is 0 Å². The standard InChI is InChI=1S/C17H25FN2O2/c1-3-4-6-13(2)17(21)20-11-8-14(9-12-20)22-16-15(18)7-5-10-19-16/h5,7,10,13-14H,3-4,6,8-9,11-12H2,1-2H3/t13-/m0/s1. The number of unbranched alkanes of at least 4 members (excludes halogenated alkanes) is 1. The van der Waals surface area contributed by atoms with Gasteiger partial charge in [-0.2, -0.15) is 0 Å². The first-order valence-electron chi connectivity index (χ1n) is 8.17. The van der Waals surface area contributed by atoms with Gasteiger partial charge in [0.15, 0.2) is 5.82 Å². The first kappa shape index (κ1) is 16.7. The molecule has 0 spiro atoms. The Morgan fingerprint density at radius 2 is 2.23 bits per heavy atom. The summed E-state index contributed by atoms with van der Waals surface area (Å²) < 4.78 is 19.1. The van der Waals surface area contributed by atoms with E-state index in [9.17, 15) is 9.18 Å². The molecule has 1 amide bonds. The van der Waals surface area contributed by atoms with Crippen LogP contribution < -0.4 is 4.74 Å². The molecule has 1 aromatic rings. The number of halogens is 1. The molecule has 1 atom stereocenters. The van der Waals surface area contributed by atoms with Gasteiger partial charge in [-0.3, -0.25) is 4.79 Å². The van der Waals surface area contributed by atoms with Gasteiger partial charge in [0, 0.05) is 38.0 Å². The first-order valence-corrected chi connectivity index (χ1v) is 8.17. The van der Waals surface area contributed by atoms with Crippen molar-refractivity contribution in [3.63, 3.8) is 0 Å². The largest absolute Gasteiger partial charge is 0.472 e. The van der Waals surface area contributed by atoms with Crippen molar-refractivity contribution in [2.24, 2.45) is 5.92 Å². The van der Waals surface area contributed by atoms with Gasteiger partial charge in [-0.15, -0.1) is 0 Å². The molecule has 2 rings (SSSR count). The number of nitrogens with zero attached hydrogens (tertiary/aromatic N) is 2. The summed E-state index contributed by atoms with van der Waals surface area (Å²) in [4.78, 5) is 18.2. The van der Waals surface area contributed by atoms with Crippen molar-refractivity contribution in [3.8, 4) is 5.88 Å². The van der Waals surface area contributed by atoms with Gasteiger partial charge in [-0.1, -0.05) is 26.7 Å². The Hall–Kier alpha value is -1.65. The molecular weight excluding hydrogens is 283 g/mol. The summed E-state index contributed by atoms with van der Waals surface area (Å²) in [5.74, 6) is -0.0562. The lowest BCUT2D eigenvalue weighted by Crippen LogP contribution is -2.44. The van der Waals surface area contributed by atoms with Crippen LogP contribution in [-0.4, -0.2) is 35.0 Å². The molecular formula is C17H25FN2O2. The average molecular weight is 308 g/mol. The van der Waals surface area contributed by atoms with Gasteiger partial charge in [-0.05, 0) is 18.6 Å². The molecule has 122 valence electrons. The van der Waals surface area contributed by atoms with Crippen LogP contribution in [0.3, 0.4) is 0 Å². The third-order valence-electron chi connectivity index (χ3n) is 4.17. The number of pyridine rings is 1. The Morgan fingerprint density at radius 3 is 2.86 bits per heavy atom.